The first kappa shape index (κ1) is 13.9. The average Bonchev–Trinajstić information content (AvgIpc) is 3.04. The molecule has 1 N–H and O–H groups in total. The molecule has 4 nitrogen and oxygen atoms in total. The lowest BCUT2D eigenvalue weighted by molar-refractivity contribution is 0.0872. The smallest absolute Gasteiger partial charge is 0.137 e. The van der Waals surface area contributed by atoms with Crippen LogP contribution in [0.4, 0.5) is 0 Å². The van der Waals surface area contributed by atoms with Gasteiger partial charge in [-0.15, -0.1) is 0 Å². The van der Waals surface area contributed by atoms with Crippen molar-refractivity contribution in [2.75, 3.05) is 13.2 Å². The second kappa shape index (κ2) is 6.12. The van der Waals surface area contributed by atoms with Crippen LogP contribution in [0.15, 0.2) is 24.5 Å². The monoisotopic (exact) mass is 293 g/mol. The number of rotatable bonds is 5. The third-order valence-corrected chi connectivity index (χ3v) is 4.15. The molecule has 5 heteroatoms. The Labute approximate surface area is 124 Å². The van der Waals surface area contributed by atoms with E-state index in [2.05, 4.69) is 17.2 Å². The molecular weight excluding hydrogens is 274 g/mol. The van der Waals surface area contributed by atoms with Crippen molar-refractivity contribution in [3.05, 3.63) is 35.2 Å². The van der Waals surface area contributed by atoms with Gasteiger partial charge >= 0.3 is 0 Å². The summed E-state index contributed by atoms with van der Waals surface area (Å²) < 4.78 is 7.67. The summed E-state index contributed by atoms with van der Waals surface area (Å²) >= 11 is 5.97. The highest BCUT2D eigenvalue weighted by molar-refractivity contribution is 6.30. The summed E-state index contributed by atoms with van der Waals surface area (Å²) in [6.07, 6.45) is 6.58. The first-order chi connectivity index (χ1) is 9.76. The summed E-state index contributed by atoms with van der Waals surface area (Å²) in [4.78, 5) is 4.57. The lowest BCUT2D eigenvalue weighted by atomic mass is 10.00. The van der Waals surface area contributed by atoms with Crippen molar-refractivity contribution in [3.8, 4) is 0 Å². The predicted octanol–water partition coefficient (Wildman–Crippen LogP) is 2.89. The van der Waals surface area contributed by atoms with E-state index < -0.39 is 0 Å². The average molecular weight is 294 g/mol. The van der Waals surface area contributed by atoms with E-state index in [1.165, 1.54) is 0 Å². The van der Waals surface area contributed by atoms with Crippen LogP contribution in [0.25, 0.3) is 5.65 Å². The number of halogens is 1. The number of fused-ring (bicyclic) bond motifs is 1. The third-order valence-electron chi connectivity index (χ3n) is 3.93. The van der Waals surface area contributed by atoms with Gasteiger partial charge in [0.1, 0.15) is 5.65 Å². The van der Waals surface area contributed by atoms with Crippen molar-refractivity contribution in [2.24, 2.45) is 5.92 Å². The molecule has 0 bridgehead atoms. The highest BCUT2D eigenvalue weighted by atomic mass is 35.5. The van der Waals surface area contributed by atoms with Gasteiger partial charge in [0.25, 0.3) is 0 Å². The molecule has 0 aliphatic carbocycles. The molecule has 1 fully saturated rings. The number of hydrogen-bond acceptors (Lipinski definition) is 3. The number of imidazole rings is 1. The van der Waals surface area contributed by atoms with E-state index >= 15 is 0 Å². The molecule has 2 atom stereocenters. The van der Waals surface area contributed by atoms with Crippen LogP contribution in [-0.2, 0) is 11.3 Å². The molecule has 3 heterocycles. The summed E-state index contributed by atoms with van der Waals surface area (Å²) in [5, 5.41) is 4.22. The second-order valence-electron chi connectivity index (χ2n) is 5.34. The van der Waals surface area contributed by atoms with Crippen LogP contribution in [-0.4, -0.2) is 28.6 Å². The molecule has 0 radical (unpaired) electrons. The first-order valence-corrected chi connectivity index (χ1v) is 7.59. The molecule has 0 aromatic carbocycles. The normalized spacial score (nSPS) is 22.7. The first-order valence-electron chi connectivity index (χ1n) is 7.21. The number of hydrogen-bond donors (Lipinski definition) is 1. The molecule has 1 aliphatic rings. The maximum absolute atomic E-state index is 5.97. The quantitative estimate of drug-likeness (QED) is 0.921. The number of nitrogens with one attached hydrogen (secondary N) is 1. The van der Waals surface area contributed by atoms with Crippen molar-refractivity contribution in [1.82, 2.24) is 14.7 Å². The van der Waals surface area contributed by atoms with E-state index in [-0.39, 0.29) is 0 Å². The van der Waals surface area contributed by atoms with E-state index in [1.807, 2.05) is 28.9 Å². The van der Waals surface area contributed by atoms with Crippen molar-refractivity contribution < 1.29 is 4.74 Å². The predicted molar refractivity (Wildman–Crippen MR) is 80.0 cm³/mol. The van der Waals surface area contributed by atoms with Gasteiger partial charge in [0, 0.05) is 32.1 Å². The molecule has 0 saturated carbocycles. The summed E-state index contributed by atoms with van der Waals surface area (Å²) in [6, 6.07) is 3.80. The summed E-state index contributed by atoms with van der Waals surface area (Å²) in [5.74, 6) is 0.631. The Kier molecular flexibility index (Phi) is 4.24. The minimum Gasteiger partial charge on any atom is -0.378 e. The topological polar surface area (TPSA) is 38.6 Å². The van der Waals surface area contributed by atoms with Gasteiger partial charge in [-0.05, 0) is 30.9 Å². The number of pyridine rings is 1. The van der Waals surface area contributed by atoms with Gasteiger partial charge in [-0.3, -0.25) is 0 Å². The van der Waals surface area contributed by atoms with E-state index in [4.69, 9.17) is 16.3 Å². The van der Waals surface area contributed by atoms with Gasteiger partial charge in [0.05, 0.1) is 16.8 Å². The largest absolute Gasteiger partial charge is 0.378 e. The maximum Gasteiger partial charge on any atom is 0.137 e. The van der Waals surface area contributed by atoms with Crippen molar-refractivity contribution in [2.45, 2.75) is 32.4 Å². The molecule has 1 aliphatic heterocycles. The lowest BCUT2D eigenvalue weighted by Crippen LogP contribution is -2.28. The fourth-order valence-electron chi connectivity index (χ4n) is 2.87. The number of nitrogens with zero attached hydrogens (tertiary/aromatic N) is 2. The fourth-order valence-corrected chi connectivity index (χ4v) is 3.03. The van der Waals surface area contributed by atoms with Crippen molar-refractivity contribution in [3.63, 3.8) is 0 Å². The Hall–Kier alpha value is -1.10. The van der Waals surface area contributed by atoms with Gasteiger partial charge in [-0.25, -0.2) is 4.98 Å². The summed E-state index contributed by atoms with van der Waals surface area (Å²) in [5.41, 5.74) is 1.97. The SMILES string of the molecule is CCC1OCCC1CNCc1cn2cc(Cl)ccc2n1. The number of aromatic nitrogens is 2. The second-order valence-corrected chi connectivity index (χ2v) is 5.78. The van der Waals surface area contributed by atoms with Gasteiger partial charge in [0.2, 0.25) is 0 Å². The molecule has 108 valence electrons. The van der Waals surface area contributed by atoms with Crippen molar-refractivity contribution in [1.29, 1.82) is 0 Å². The zero-order valence-electron chi connectivity index (χ0n) is 11.7. The fraction of sp³-hybridized carbons (Fsp3) is 0.533. The van der Waals surface area contributed by atoms with Crippen molar-refractivity contribution >= 4 is 17.2 Å². The van der Waals surface area contributed by atoms with Crippen LogP contribution >= 0.6 is 11.6 Å². The molecule has 2 aromatic heterocycles. The van der Waals surface area contributed by atoms with Crippen LogP contribution in [0.5, 0.6) is 0 Å². The van der Waals surface area contributed by atoms with Crippen LogP contribution in [0, 0.1) is 5.92 Å². The lowest BCUT2D eigenvalue weighted by Gasteiger charge is -2.16. The molecule has 20 heavy (non-hydrogen) atoms. The van der Waals surface area contributed by atoms with Crippen LogP contribution in [0.1, 0.15) is 25.5 Å². The molecule has 0 spiro atoms. The highest BCUT2D eigenvalue weighted by Crippen LogP contribution is 2.22. The molecule has 0 amide bonds. The number of ether oxygens (including phenoxy) is 1. The Morgan fingerprint density at radius 3 is 3.20 bits per heavy atom. The Bertz CT molecular complexity index is 584. The Morgan fingerprint density at radius 1 is 1.45 bits per heavy atom. The Morgan fingerprint density at radius 2 is 2.35 bits per heavy atom. The van der Waals surface area contributed by atoms with Gasteiger partial charge in [0.15, 0.2) is 0 Å². The van der Waals surface area contributed by atoms with E-state index in [1.54, 1.807) is 0 Å². The molecule has 3 rings (SSSR count). The highest BCUT2D eigenvalue weighted by Gasteiger charge is 2.25. The zero-order valence-corrected chi connectivity index (χ0v) is 12.4. The molecule has 2 aromatic rings. The van der Waals surface area contributed by atoms with Crippen LogP contribution < -0.4 is 5.32 Å². The zero-order chi connectivity index (χ0) is 13.9. The van der Waals surface area contributed by atoms with Gasteiger partial charge in [-0.2, -0.15) is 0 Å². The van der Waals surface area contributed by atoms with E-state index in [0.29, 0.717) is 12.0 Å². The third kappa shape index (κ3) is 2.97. The minimum atomic E-state index is 0.419. The van der Waals surface area contributed by atoms with Gasteiger partial charge in [-0.1, -0.05) is 18.5 Å². The molecule has 2 unspecified atom stereocenters. The standard InChI is InChI=1S/C15H20ClN3O/c1-2-14-11(5-6-20-14)7-17-8-13-10-19-9-12(16)3-4-15(19)18-13/h3-4,9-11,14,17H,2,5-8H2,1H3. The minimum absolute atomic E-state index is 0.419. The maximum atomic E-state index is 5.97. The molecule has 1 saturated heterocycles. The Balaban J connectivity index is 1.57. The van der Waals surface area contributed by atoms with Crippen LogP contribution in [0.2, 0.25) is 5.02 Å². The van der Waals surface area contributed by atoms with Gasteiger partial charge < -0.3 is 14.5 Å². The molecular formula is C15H20ClN3O. The van der Waals surface area contributed by atoms with Crippen LogP contribution in [0.3, 0.4) is 0 Å². The van der Waals surface area contributed by atoms with E-state index in [9.17, 15) is 0 Å². The summed E-state index contributed by atoms with van der Waals surface area (Å²) in [7, 11) is 0. The summed E-state index contributed by atoms with van der Waals surface area (Å²) in [6.45, 7) is 4.87. The van der Waals surface area contributed by atoms with E-state index in [0.717, 1.165) is 48.9 Å².